The molecule has 2 aromatic rings. The van der Waals surface area contributed by atoms with Crippen LogP contribution in [0.4, 0.5) is 5.82 Å². The maximum absolute atomic E-state index is 4.67. The molecule has 0 atom stereocenters. The summed E-state index contributed by atoms with van der Waals surface area (Å²) in [5.41, 5.74) is 2.35. The molecular weight excluding hydrogens is 344 g/mol. The van der Waals surface area contributed by atoms with Gasteiger partial charge in [0.1, 0.15) is 5.82 Å². The Morgan fingerprint density at radius 3 is 2.73 bits per heavy atom. The molecule has 6 nitrogen and oxygen atoms in total. The van der Waals surface area contributed by atoms with Crippen LogP contribution in [0.3, 0.4) is 0 Å². The molecule has 140 valence electrons. The summed E-state index contributed by atoms with van der Waals surface area (Å²) in [6.45, 7) is 8.00. The highest BCUT2D eigenvalue weighted by Crippen LogP contribution is 2.19. The van der Waals surface area contributed by atoms with Gasteiger partial charge in [0.25, 0.3) is 0 Å². The van der Waals surface area contributed by atoms with Gasteiger partial charge in [-0.3, -0.25) is 0 Å². The summed E-state index contributed by atoms with van der Waals surface area (Å²) >= 11 is 1.66. The molecule has 0 bridgehead atoms. The normalized spacial score (nSPS) is 15.8. The standard InChI is InChI=1S/C19H28N6S/c1-3-26-19-22-13-16(14-23-19)12-20-15-17-6-4-7-21-18(17)25-9-5-8-24(2)10-11-25/h4,6-7,13-14,20H,3,5,8-12,15H2,1-2H3. The average Bonchev–Trinajstić information content (AvgIpc) is 2.88. The van der Waals surface area contributed by atoms with Gasteiger partial charge in [0.15, 0.2) is 5.16 Å². The Morgan fingerprint density at radius 1 is 1.08 bits per heavy atom. The van der Waals surface area contributed by atoms with Crippen molar-refractivity contribution in [3.8, 4) is 0 Å². The van der Waals surface area contributed by atoms with Crippen LogP contribution in [0.2, 0.25) is 0 Å². The predicted octanol–water partition coefficient (Wildman–Crippen LogP) is 2.42. The molecule has 3 rings (SSSR count). The van der Waals surface area contributed by atoms with Crippen molar-refractivity contribution in [3.63, 3.8) is 0 Å². The van der Waals surface area contributed by atoms with E-state index in [4.69, 9.17) is 0 Å². The van der Waals surface area contributed by atoms with Crippen molar-refractivity contribution in [2.45, 2.75) is 31.6 Å². The number of likely N-dealkylation sites (N-methyl/N-ethyl adjacent to an activating group) is 1. The summed E-state index contributed by atoms with van der Waals surface area (Å²) in [7, 11) is 2.19. The molecule has 0 amide bonds. The Morgan fingerprint density at radius 2 is 1.92 bits per heavy atom. The molecule has 3 heterocycles. The largest absolute Gasteiger partial charge is 0.355 e. The summed E-state index contributed by atoms with van der Waals surface area (Å²) in [5.74, 6) is 2.11. The Labute approximate surface area is 160 Å². The lowest BCUT2D eigenvalue weighted by molar-refractivity contribution is 0.360. The number of rotatable bonds is 7. The highest BCUT2D eigenvalue weighted by molar-refractivity contribution is 7.99. The molecule has 1 N–H and O–H groups in total. The SMILES string of the molecule is CCSc1ncc(CNCc2cccnc2N2CCCN(C)CC2)cn1. The van der Waals surface area contributed by atoms with Crippen LogP contribution in [-0.2, 0) is 13.1 Å². The van der Waals surface area contributed by atoms with E-state index < -0.39 is 0 Å². The minimum absolute atomic E-state index is 0.758. The third-order valence-corrected chi connectivity index (χ3v) is 5.24. The van der Waals surface area contributed by atoms with E-state index in [1.54, 1.807) is 11.8 Å². The van der Waals surface area contributed by atoms with Gasteiger partial charge in [-0.2, -0.15) is 0 Å². The van der Waals surface area contributed by atoms with Gasteiger partial charge in [-0.1, -0.05) is 24.8 Å². The molecule has 0 saturated carbocycles. The molecule has 1 saturated heterocycles. The molecule has 26 heavy (non-hydrogen) atoms. The maximum Gasteiger partial charge on any atom is 0.187 e. The van der Waals surface area contributed by atoms with Crippen molar-refractivity contribution in [1.29, 1.82) is 0 Å². The average molecular weight is 373 g/mol. The van der Waals surface area contributed by atoms with E-state index in [0.29, 0.717) is 0 Å². The van der Waals surface area contributed by atoms with Crippen molar-refractivity contribution < 1.29 is 0 Å². The first kappa shape index (κ1) is 19.1. The molecular formula is C19H28N6S. The Hall–Kier alpha value is -1.70. The van der Waals surface area contributed by atoms with Gasteiger partial charge in [0.2, 0.25) is 0 Å². The second kappa shape index (κ2) is 9.85. The van der Waals surface area contributed by atoms with Gasteiger partial charge in [-0.15, -0.1) is 0 Å². The van der Waals surface area contributed by atoms with Gasteiger partial charge in [-0.25, -0.2) is 15.0 Å². The smallest absolute Gasteiger partial charge is 0.187 e. The van der Waals surface area contributed by atoms with E-state index in [1.165, 1.54) is 12.0 Å². The van der Waals surface area contributed by atoms with Crippen LogP contribution in [0.15, 0.2) is 35.9 Å². The van der Waals surface area contributed by atoms with Crippen molar-refractivity contribution in [3.05, 3.63) is 41.9 Å². The number of nitrogens with one attached hydrogen (secondary N) is 1. The third kappa shape index (κ3) is 5.40. The minimum atomic E-state index is 0.758. The fourth-order valence-corrected chi connectivity index (χ4v) is 3.60. The second-order valence-corrected chi connectivity index (χ2v) is 7.77. The van der Waals surface area contributed by atoms with Crippen LogP contribution in [0.25, 0.3) is 0 Å². The second-order valence-electron chi connectivity index (χ2n) is 6.54. The summed E-state index contributed by atoms with van der Waals surface area (Å²) in [4.78, 5) is 18.3. The lowest BCUT2D eigenvalue weighted by Crippen LogP contribution is -2.30. The highest BCUT2D eigenvalue weighted by Gasteiger charge is 2.16. The number of nitrogens with zero attached hydrogens (tertiary/aromatic N) is 5. The lowest BCUT2D eigenvalue weighted by atomic mass is 10.2. The Balaban J connectivity index is 1.58. The summed E-state index contributed by atoms with van der Waals surface area (Å²) in [6.07, 6.45) is 6.89. The number of hydrogen-bond donors (Lipinski definition) is 1. The van der Waals surface area contributed by atoms with Crippen molar-refractivity contribution in [2.24, 2.45) is 0 Å². The van der Waals surface area contributed by atoms with E-state index in [2.05, 4.69) is 50.1 Å². The van der Waals surface area contributed by atoms with Gasteiger partial charge in [-0.05, 0) is 31.8 Å². The zero-order valence-corrected chi connectivity index (χ0v) is 16.5. The Kier molecular flexibility index (Phi) is 7.22. The monoisotopic (exact) mass is 372 g/mol. The highest BCUT2D eigenvalue weighted by atomic mass is 32.2. The summed E-state index contributed by atoms with van der Waals surface area (Å²) in [6, 6.07) is 4.19. The van der Waals surface area contributed by atoms with E-state index in [9.17, 15) is 0 Å². The van der Waals surface area contributed by atoms with Crippen LogP contribution in [0.1, 0.15) is 24.5 Å². The van der Waals surface area contributed by atoms with Crippen LogP contribution in [0.5, 0.6) is 0 Å². The molecule has 1 fully saturated rings. The summed E-state index contributed by atoms with van der Waals surface area (Å²) < 4.78 is 0. The topological polar surface area (TPSA) is 57.2 Å². The van der Waals surface area contributed by atoms with Crippen LogP contribution >= 0.6 is 11.8 Å². The molecule has 7 heteroatoms. The lowest BCUT2D eigenvalue weighted by Gasteiger charge is -2.24. The molecule has 0 radical (unpaired) electrons. The first-order valence-electron chi connectivity index (χ1n) is 9.28. The zero-order valence-electron chi connectivity index (χ0n) is 15.7. The van der Waals surface area contributed by atoms with Gasteiger partial charge in [0.05, 0.1) is 0 Å². The molecule has 0 spiro atoms. The predicted molar refractivity (Wildman–Crippen MR) is 108 cm³/mol. The number of pyridine rings is 1. The molecule has 0 unspecified atom stereocenters. The van der Waals surface area contributed by atoms with Crippen molar-refractivity contribution in [2.75, 3.05) is 43.9 Å². The van der Waals surface area contributed by atoms with Crippen molar-refractivity contribution >= 4 is 17.6 Å². The zero-order chi connectivity index (χ0) is 18.2. The fourth-order valence-electron chi connectivity index (χ4n) is 3.09. The van der Waals surface area contributed by atoms with E-state index >= 15 is 0 Å². The Bertz CT molecular complexity index is 678. The van der Waals surface area contributed by atoms with Crippen molar-refractivity contribution in [1.82, 2.24) is 25.2 Å². The number of hydrogen-bond acceptors (Lipinski definition) is 7. The number of aromatic nitrogens is 3. The first-order valence-corrected chi connectivity index (χ1v) is 10.3. The maximum atomic E-state index is 4.67. The fraction of sp³-hybridized carbons (Fsp3) is 0.526. The van der Waals surface area contributed by atoms with Crippen LogP contribution in [-0.4, -0.2) is 58.8 Å². The van der Waals surface area contributed by atoms with Gasteiger partial charge in [0, 0.05) is 62.4 Å². The first-order chi connectivity index (χ1) is 12.8. The van der Waals surface area contributed by atoms with Crippen LogP contribution in [0, 0.1) is 0 Å². The molecule has 0 aromatic carbocycles. The van der Waals surface area contributed by atoms with Gasteiger partial charge >= 0.3 is 0 Å². The van der Waals surface area contributed by atoms with E-state index in [-0.39, 0.29) is 0 Å². The minimum Gasteiger partial charge on any atom is -0.355 e. The summed E-state index contributed by atoms with van der Waals surface area (Å²) in [5, 5.41) is 4.35. The molecule has 1 aliphatic heterocycles. The van der Waals surface area contributed by atoms with E-state index in [1.807, 2.05) is 24.7 Å². The molecule has 2 aromatic heterocycles. The number of anilines is 1. The molecule has 0 aliphatic carbocycles. The van der Waals surface area contributed by atoms with Crippen LogP contribution < -0.4 is 10.2 Å². The third-order valence-electron chi connectivity index (χ3n) is 4.49. The molecule has 1 aliphatic rings. The van der Waals surface area contributed by atoms with Gasteiger partial charge < -0.3 is 15.1 Å². The number of thioether (sulfide) groups is 1. The van der Waals surface area contributed by atoms with E-state index in [0.717, 1.165) is 61.6 Å². The quantitative estimate of drug-likeness (QED) is 0.592.